The molecule has 0 aliphatic carbocycles. The molecule has 0 bridgehead atoms. The van der Waals surface area contributed by atoms with Gasteiger partial charge in [0.1, 0.15) is 12.1 Å². The molecule has 4 rings (SSSR count). The van der Waals surface area contributed by atoms with Crippen LogP contribution in [-0.2, 0) is 11.2 Å². The number of oxazole rings is 1. The van der Waals surface area contributed by atoms with Crippen molar-refractivity contribution >= 4 is 17.0 Å². The Morgan fingerprint density at radius 2 is 2.04 bits per heavy atom. The van der Waals surface area contributed by atoms with E-state index in [1.54, 1.807) is 6.07 Å². The fraction of sp³-hybridized carbons (Fsp3) is 0.263. The first kappa shape index (κ1) is 15.5. The Morgan fingerprint density at radius 1 is 1.20 bits per heavy atom. The van der Waals surface area contributed by atoms with Crippen LogP contribution in [0, 0.1) is 6.92 Å². The lowest BCUT2D eigenvalue weighted by Crippen LogP contribution is -2.44. The van der Waals surface area contributed by atoms with E-state index in [2.05, 4.69) is 10.3 Å². The van der Waals surface area contributed by atoms with Crippen molar-refractivity contribution in [3.05, 3.63) is 53.9 Å². The van der Waals surface area contributed by atoms with Crippen molar-refractivity contribution in [3.63, 3.8) is 0 Å². The van der Waals surface area contributed by atoms with Crippen molar-refractivity contribution < 1.29 is 18.7 Å². The lowest BCUT2D eigenvalue weighted by molar-refractivity contribution is -0.130. The summed E-state index contributed by atoms with van der Waals surface area (Å²) in [6.07, 6.45) is -0.134. The van der Waals surface area contributed by atoms with Crippen LogP contribution < -0.4 is 14.8 Å². The van der Waals surface area contributed by atoms with Crippen molar-refractivity contribution in [2.75, 3.05) is 13.2 Å². The SMILES string of the molecule is Cc1cccc2oc(CCNC(=O)C3COc4ccccc4O3)nc12. The molecule has 1 atom stereocenters. The molecule has 6 nitrogen and oxygen atoms in total. The number of ether oxygens (including phenoxy) is 2. The molecule has 1 amide bonds. The van der Waals surface area contributed by atoms with Crippen molar-refractivity contribution in [3.8, 4) is 11.5 Å². The van der Waals surface area contributed by atoms with E-state index in [1.807, 2.05) is 43.3 Å². The zero-order valence-electron chi connectivity index (χ0n) is 13.8. The van der Waals surface area contributed by atoms with Gasteiger partial charge in [-0.2, -0.15) is 0 Å². The van der Waals surface area contributed by atoms with E-state index in [-0.39, 0.29) is 12.5 Å². The number of carbonyl (C=O) groups is 1. The van der Waals surface area contributed by atoms with Gasteiger partial charge in [0.15, 0.2) is 23.0 Å². The number of nitrogens with one attached hydrogen (secondary N) is 1. The number of para-hydroxylation sites is 3. The number of aromatic nitrogens is 1. The Morgan fingerprint density at radius 3 is 2.88 bits per heavy atom. The molecule has 128 valence electrons. The molecule has 0 spiro atoms. The molecular weight excluding hydrogens is 320 g/mol. The molecule has 2 aromatic carbocycles. The van der Waals surface area contributed by atoms with Crippen LogP contribution in [0.25, 0.3) is 11.1 Å². The molecule has 1 aliphatic heterocycles. The fourth-order valence-electron chi connectivity index (χ4n) is 2.79. The van der Waals surface area contributed by atoms with Crippen LogP contribution >= 0.6 is 0 Å². The summed E-state index contributed by atoms with van der Waals surface area (Å²) in [5, 5.41) is 2.85. The van der Waals surface area contributed by atoms with Crippen LogP contribution in [-0.4, -0.2) is 30.1 Å². The Balaban J connectivity index is 1.34. The molecule has 0 radical (unpaired) electrons. The van der Waals surface area contributed by atoms with Crippen molar-refractivity contribution in [1.82, 2.24) is 10.3 Å². The van der Waals surface area contributed by atoms with Gasteiger partial charge < -0.3 is 19.2 Å². The zero-order valence-corrected chi connectivity index (χ0v) is 13.8. The minimum Gasteiger partial charge on any atom is -0.485 e. The number of amides is 1. The third kappa shape index (κ3) is 3.15. The monoisotopic (exact) mass is 338 g/mol. The number of carbonyl (C=O) groups excluding carboxylic acids is 1. The van der Waals surface area contributed by atoms with E-state index in [4.69, 9.17) is 13.9 Å². The number of nitrogens with zero attached hydrogens (tertiary/aromatic N) is 1. The molecule has 3 aromatic rings. The van der Waals surface area contributed by atoms with E-state index in [0.29, 0.717) is 30.4 Å². The second-order valence-electron chi connectivity index (χ2n) is 5.93. The van der Waals surface area contributed by atoms with Crippen LogP contribution in [0.1, 0.15) is 11.5 Å². The predicted molar refractivity (Wildman–Crippen MR) is 91.8 cm³/mol. The molecule has 25 heavy (non-hydrogen) atoms. The topological polar surface area (TPSA) is 73.6 Å². The minimum atomic E-state index is -0.652. The van der Waals surface area contributed by atoms with Gasteiger partial charge in [-0.15, -0.1) is 0 Å². The summed E-state index contributed by atoms with van der Waals surface area (Å²) in [5.74, 6) is 1.65. The van der Waals surface area contributed by atoms with Crippen molar-refractivity contribution in [1.29, 1.82) is 0 Å². The van der Waals surface area contributed by atoms with Crippen LogP contribution in [0.15, 0.2) is 46.9 Å². The highest BCUT2D eigenvalue weighted by Crippen LogP contribution is 2.30. The van der Waals surface area contributed by atoms with Gasteiger partial charge in [0.2, 0.25) is 6.10 Å². The largest absolute Gasteiger partial charge is 0.485 e. The Kier molecular flexibility index (Phi) is 4.01. The molecule has 1 N–H and O–H groups in total. The number of hydrogen-bond acceptors (Lipinski definition) is 5. The summed E-state index contributed by atoms with van der Waals surface area (Å²) in [5.41, 5.74) is 2.70. The number of hydrogen-bond donors (Lipinski definition) is 1. The standard InChI is InChI=1S/C19H18N2O4/c1-12-5-4-8-15-18(12)21-17(25-15)9-10-20-19(22)16-11-23-13-6-2-3-7-14(13)24-16/h2-8,16H,9-11H2,1H3,(H,20,22). The molecule has 1 aliphatic rings. The Hall–Kier alpha value is -3.02. The highest BCUT2D eigenvalue weighted by molar-refractivity contribution is 5.81. The van der Waals surface area contributed by atoms with E-state index < -0.39 is 6.10 Å². The van der Waals surface area contributed by atoms with E-state index in [0.717, 1.165) is 16.7 Å². The highest BCUT2D eigenvalue weighted by atomic mass is 16.6. The van der Waals surface area contributed by atoms with E-state index in [1.165, 1.54) is 0 Å². The van der Waals surface area contributed by atoms with Gasteiger partial charge in [-0.25, -0.2) is 4.98 Å². The van der Waals surface area contributed by atoms with Gasteiger partial charge in [0.05, 0.1) is 0 Å². The zero-order chi connectivity index (χ0) is 17.2. The van der Waals surface area contributed by atoms with Gasteiger partial charge in [0.25, 0.3) is 5.91 Å². The van der Waals surface area contributed by atoms with Crippen LogP contribution in [0.4, 0.5) is 0 Å². The van der Waals surface area contributed by atoms with E-state index >= 15 is 0 Å². The third-order valence-corrected chi connectivity index (χ3v) is 4.10. The maximum Gasteiger partial charge on any atom is 0.264 e. The summed E-state index contributed by atoms with van der Waals surface area (Å²) < 4.78 is 16.9. The molecule has 6 heteroatoms. The van der Waals surface area contributed by atoms with Crippen LogP contribution in [0.3, 0.4) is 0 Å². The molecule has 0 saturated carbocycles. The van der Waals surface area contributed by atoms with Gasteiger partial charge >= 0.3 is 0 Å². The minimum absolute atomic E-state index is 0.199. The first-order chi connectivity index (χ1) is 12.2. The second kappa shape index (κ2) is 6.47. The second-order valence-corrected chi connectivity index (χ2v) is 5.93. The van der Waals surface area contributed by atoms with Crippen molar-refractivity contribution in [2.45, 2.75) is 19.4 Å². The number of aryl methyl sites for hydroxylation is 1. The molecule has 1 unspecified atom stereocenters. The highest BCUT2D eigenvalue weighted by Gasteiger charge is 2.26. The summed E-state index contributed by atoms with van der Waals surface area (Å²) in [7, 11) is 0. The number of rotatable bonds is 4. The molecule has 0 fully saturated rings. The van der Waals surface area contributed by atoms with Crippen LogP contribution in [0.2, 0.25) is 0 Å². The Bertz CT molecular complexity index is 919. The summed E-state index contributed by atoms with van der Waals surface area (Å²) in [4.78, 5) is 16.7. The molecule has 0 saturated heterocycles. The van der Waals surface area contributed by atoms with Gasteiger partial charge in [-0.3, -0.25) is 4.79 Å². The molecular formula is C19H18N2O4. The maximum absolute atomic E-state index is 12.3. The number of benzene rings is 2. The normalized spacial score (nSPS) is 16.0. The molecule has 1 aromatic heterocycles. The average Bonchev–Trinajstić information content (AvgIpc) is 3.05. The molecule has 2 heterocycles. The quantitative estimate of drug-likeness (QED) is 0.792. The third-order valence-electron chi connectivity index (χ3n) is 4.10. The predicted octanol–water partition coefficient (Wildman–Crippen LogP) is 2.63. The maximum atomic E-state index is 12.3. The number of fused-ring (bicyclic) bond motifs is 2. The average molecular weight is 338 g/mol. The Labute approximate surface area is 144 Å². The smallest absolute Gasteiger partial charge is 0.264 e. The van der Waals surface area contributed by atoms with Gasteiger partial charge in [-0.1, -0.05) is 24.3 Å². The van der Waals surface area contributed by atoms with Crippen LogP contribution in [0.5, 0.6) is 11.5 Å². The summed E-state index contributed by atoms with van der Waals surface area (Å²) >= 11 is 0. The summed E-state index contributed by atoms with van der Waals surface area (Å²) in [6, 6.07) is 13.1. The fourth-order valence-corrected chi connectivity index (χ4v) is 2.79. The van der Waals surface area contributed by atoms with Crippen molar-refractivity contribution in [2.24, 2.45) is 0 Å². The lowest BCUT2D eigenvalue weighted by Gasteiger charge is -2.25. The first-order valence-corrected chi connectivity index (χ1v) is 8.22. The first-order valence-electron chi connectivity index (χ1n) is 8.22. The van der Waals surface area contributed by atoms with E-state index in [9.17, 15) is 4.79 Å². The summed E-state index contributed by atoms with van der Waals surface area (Å²) in [6.45, 7) is 2.62. The lowest BCUT2D eigenvalue weighted by atomic mass is 10.2. The van der Waals surface area contributed by atoms with Gasteiger partial charge in [0, 0.05) is 13.0 Å². The van der Waals surface area contributed by atoms with Gasteiger partial charge in [-0.05, 0) is 30.7 Å².